The Morgan fingerprint density at radius 3 is 2.75 bits per heavy atom. The highest BCUT2D eigenvalue weighted by molar-refractivity contribution is 4.73. The SMILES string of the molecule is [CH2]C(O)C1CCOC1. The molecule has 0 spiro atoms. The minimum Gasteiger partial charge on any atom is -0.393 e. The zero-order valence-electron chi connectivity index (χ0n) is 4.84. The molecule has 0 aliphatic carbocycles. The van der Waals surface area contributed by atoms with E-state index < -0.39 is 6.10 Å². The molecule has 0 aromatic heterocycles. The highest BCUT2D eigenvalue weighted by atomic mass is 16.5. The van der Waals surface area contributed by atoms with Gasteiger partial charge in [0.15, 0.2) is 0 Å². The fraction of sp³-hybridized carbons (Fsp3) is 0.833. The Morgan fingerprint density at radius 1 is 1.75 bits per heavy atom. The lowest BCUT2D eigenvalue weighted by atomic mass is 10.0. The quantitative estimate of drug-likeness (QED) is 0.529. The summed E-state index contributed by atoms with van der Waals surface area (Å²) < 4.78 is 5.02. The van der Waals surface area contributed by atoms with E-state index >= 15 is 0 Å². The molecule has 8 heavy (non-hydrogen) atoms. The molecule has 2 nitrogen and oxygen atoms in total. The lowest BCUT2D eigenvalue weighted by Gasteiger charge is -2.08. The molecule has 0 saturated carbocycles. The second-order valence-electron chi connectivity index (χ2n) is 2.19. The molecule has 1 aliphatic heterocycles. The Morgan fingerprint density at radius 2 is 2.50 bits per heavy atom. The fourth-order valence-corrected chi connectivity index (χ4v) is 0.856. The van der Waals surface area contributed by atoms with Crippen LogP contribution in [0.15, 0.2) is 0 Å². The molecule has 47 valence electrons. The predicted molar refractivity (Wildman–Crippen MR) is 30.3 cm³/mol. The van der Waals surface area contributed by atoms with Crippen molar-refractivity contribution in [2.75, 3.05) is 13.2 Å². The van der Waals surface area contributed by atoms with Crippen LogP contribution in [0, 0.1) is 12.8 Å². The molecular weight excluding hydrogens is 104 g/mol. The Balaban J connectivity index is 2.24. The summed E-state index contributed by atoms with van der Waals surface area (Å²) in [7, 11) is 0. The molecule has 2 heteroatoms. The maximum Gasteiger partial charge on any atom is 0.0592 e. The van der Waals surface area contributed by atoms with Crippen LogP contribution in [0.25, 0.3) is 0 Å². The van der Waals surface area contributed by atoms with Crippen LogP contribution in [0.1, 0.15) is 6.42 Å². The van der Waals surface area contributed by atoms with Gasteiger partial charge in [-0.3, -0.25) is 0 Å². The molecule has 0 aromatic rings. The summed E-state index contributed by atoms with van der Waals surface area (Å²) in [6, 6.07) is 0. The maximum absolute atomic E-state index is 8.86. The molecule has 1 fully saturated rings. The normalized spacial score (nSPS) is 33.0. The lowest BCUT2D eigenvalue weighted by Crippen LogP contribution is -2.16. The van der Waals surface area contributed by atoms with Crippen LogP contribution in [-0.4, -0.2) is 24.4 Å². The Labute approximate surface area is 49.5 Å². The smallest absolute Gasteiger partial charge is 0.0592 e. The monoisotopic (exact) mass is 115 g/mol. The Kier molecular flexibility index (Phi) is 1.86. The van der Waals surface area contributed by atoms with E-state index in [9.17, 15) is 0 Å². The van der Waals surface area contributed by atoms with Crippen molar-refractivity contribution in [3.8, 4) is 0 Å². The van der Waals surface area contributed by atoms with Crippen LogP contribution < -0.4 is 0 Å². The molecule has 0 bridgehead atoms. The van der Waals surface area contributed by atoms with E-state index in [2.05, 4.69) is 6.92 Å². The average molecular weight is 115 g/mol. The van der Waals surface area contributed by atoms with Crippen LogP contribution in [0.4, 0.5) is 0 Å². The van der Waals surface area contributed by atoms with Crippen LogP contribution in [0.2, 0.25) is 0 Å². The van der Waals surface area contributed by atoms with E-state index in [4.69, 9.17) is 9.84 Å². The van der Waals surface area contributed by atoms with Crippen LogP contribution in [0.5, 0.6) is 0 Å². The fourth-order valence-electron chi connectivity index (χ4n) is 0.856. The number of aliphatic hydroxyl groups is 1. The third-order valence-electron chi connectivity index (χ3n) is 1.51. The van der Waals surface area contributed by atoms with Gasteiger partial charge in [-0.25, -0.2) is 0 Å². The number of hydrogen-bond donors (Lipinski definition) is 1. The molecule has 0 aromatic carbocycles. The third kappa shape index (κ3) is 1.20. The van der Waals surface area contributed by atoms with Crippen molar-refractivity contribution < 1.29 is 9.84 Å². The van der Waals surface area contributed by atoms with Crippen molar-refractivity contribution in [3.63, 3.8) is 0 Å². The van der Waals surface area contributed by atoms with E-state index in [0.717, 1.165) is 13.0 Å². The molecule has 2 atom stereocenters. The van der Waals surface area contributed by atoms with Gasteiger partial charge in [-0.2, -0.15) is 0 Å². The number of ether oxygens (including phenoxy) is 1. The standard InChI is InChI=1S/C6H11O2/c1-5(7)6-2-3-8-4-6/h5-7H,1-4H2. The van der Waals surface area contributed by atoms with Crippen LogP contribution >= 0.6 is 0 Å². The lowest BCUT2D eigenvalue weighted by molar-refractivity contribution is 0.122. The van der Waals surface area contributed by atoms with Crippen LogP contribution in [0.3, 0.4) is 0 Å². The minimum atomic E-state index is -0.433. The number of rotatable bonds is 1. The zero-order chi connectivity index (χ0) is 5.98. The van der Waals surface area contributed by atoms with Crippen molar-refractivity contribution >= 4 is 0 Å². The summed E-state index contributed by atoms with van der Waals surface area (Å²) >= 11 is 0. The summed E-state index contributed by atoms with van der Waals surface area (Å²) in [4.78, 5) is 0. The minimum absolute atomic E-state index is 0.287. The summed E-state index contributed by atoms with van der Waals surface area (Å²) in [5, 5.41) is 8.86. The van der Waals surface area contributed by atoms with Crippen molar-refractivity contribution in [2.24, 2.45) is 5.92 Å². The molecule has 1 heterocycles. The predicted octanol–water partition coefficient (Wildman–Crippen LogP) is 0.218. The first-order chi connectivity index (χ1) is 3.80. The summed E-state index contributed by atoms with van der Waals surface area (Å²) in [5.41, 5.74) is 0. The van der Waals surface area contributed by atoms with Crippen molar-refractivity contribution in [2.45, 2.75) is 12.5 Å². The van der Waals surface area contributed by atoms with Crippen molar-refractivity contribution in [3.05, 3.63) is 6.92 Å². The van der Waals surface area contributed by atoms with Crippen molar-refractivity contribution in [1.29, 1.82) is 0 Å². The van der Waals surface area contributed by atoms with Gasteiger partial charge in [-0.05, 0) is 13.3 Å². The van der Waals surface area contributed by atoms with Crippen molar-refractivity contribution in [1.82, 2.24) is 0 Å². The first-order valence-corrected chi connectivity index (χ1v) is 2.89. The van der Waals surface area contributed by atoms with Gasteiger partial charge in [0.25, 0.3) is 0 Å². The molecule has 1 aliphatic rings. The van der Waals surface area contributed by atoms with Gasteiger partial charge in [0.05, 0.1) is 12.7 Å². The second kappa shape index (κ2) is 2.46. The van der Waals surface area contributed by atoms with Crippen LogP contribution in [-0.2, 0) is 4.74 Å². The van der Waals surface area contributed by atoms with Gasteiger partial charge in [0.2, 0.25) is 0 Å². The van der Waals surface area contributed by atoms with E-state index in [1.165, 1.54) is 0 Å². The van der Waals surface area contributed by atoms with Gasteiger partial charge in [-0.1, -0.05) is 0 Å². The van der Waals surface area contributed by atoms with Gasteiger partial charge < -0.3 is 9.84 Å². The first kappa shape index (κ1) is 6.05. The average Bonchev–Trinajstić information content (AvgIpc) is 2.12. The molecule has 1 rings (SSSR count). The number of hydrogen-bond acceptors (Lipinski definition) is 2. The van der Waals surface area contributed by atoms with E-state index in [1.807, 2.05) is 0 Å². The summed E-state index contributed by atoms with van der Waals surface area (Å²) in [6.07, 6.45) is 0.530. The Bertz CT molecular complexity index is 64.9. The third-order valence-corrected chi connectivity index (χ3v) is 1.51. The highest BCUT2D eigenvalue weighted by Gasteiger charge is 2.19. The molecule has 1 saturated heterocycles. The summed E-state index contributed by atoms with van der Waals surface area (Å²) in [5.74, 6) is 0.287. The molecule has 1 radical (unpaired) electrons. The van der Waals surface area contributed by atoms with Gasteiger partial charge in [-0.15, -0.1) is 0 Å². The molecule has 2 unspecified atom stereocenters. The molecule has 1 N–H and O–H groups in total. The highest BCUT2D eigenvalue weighted by Crippen LogP contribution is 2.15. The topological polar surface area (TPSA) is 29.5 Å². The number of aliphatic hydroxyl groups excluding tert-OH is 1. The summed E-state index contributed by atoms with van der Waals surface area (Å²) in [6.45, 7) is 4.97. The second-order valence-corrected chi connectivity index (χ2v) is 2.19. The van der Waals surface area contributed by atoms with Gasteiger partial charge in [0.1, 0.15) is 0 Å². The van der Waals surface area contributed by atoms with Gasteiger partial charge in [0, 0.05) is 12.5 Å². The van der Waals surface area contributed by atoms with E-state index in [0.29, 0.717) is 6.61 Å². The van der Waals surface area contributed by atoms with Gasteiger partial charge >= 0.3 is 0 Å². The molecular formula is C6H11O2. The van der Waals surface area contributed by atoms with E-state index in [-0.39, 0.29) is 5.92 Å². The zero-order valence-corrected chi connectivity index (χ0v) is 4.84. The van der Waals surface area contributed by atoms with E-state index in [1.54, 1.807) is 0 Å². The molecule has 0 amide bonds. The Hall–Kier alpha value is -0.0800. The first-order valence-electron chi connectivity index (χ1n) is 2.89. The largest absolute Gasteiger partial charge is 0.393 e. The maximum atomic E-state index is 8.86.